The Balaban J connectivity index is 1.64. The predicted molar refractivity (Wildman–Crippen MR) is 109 cm³/mol. The lowest BCUT2D eigenvalue weighted by molar-refractivity contribution is 0.0658. The number of benzene rings is 1. The van der Waals surface area contributed by atoms with Gasteiger partial charge in [0.15, 0.2) is 0 Å². The van der Waals surface area contributed by atoms with Crippen molar-refractivity contribution in [3.63, 3.8) is 0 Å². The molecule has 0 aliphatic heterocycles. The van der Waals surface area contributed by atoms with Crippen LogP contribution in [0, 0.1) is 12.8 Å². The maximum absolute atomic E-state index is 13.5. The minimum Gasteiger partial charge on any atom is -0.331 e. The van der Waals surface area contributed by atoms with Crippen LogP contribution in [0.3, 0.4) is 0 Å². The predicted octanol–water partition coefficient (Wildman–Crippen LogP) is 4.95. The van der Waals surface area contributed by atoms with E-state index in [1.54, 1.807) is 6.20 Å². The number of amides is 1. The van der Waals surface area contributed by atoms with E-state index < -0.39 is 0 Å². The van der Waals surface area contributed by atoms with Crippen LogP contribution in [0.15, 0.2) is 54.7 Å². The number of hydrogen-bond donors (Lipinski definition) is 0. The smallest absolute Gasteiger partial charge is 0.266 e. The summed E-state index contributed by atoms with van der Waals surface area (Å²) in [4.78, 5) is 25.2. The quantitative estimate of drug-likeness (QED) is 0.610. The molecular formula is C22H23N3OS. The van der Waals surface area contributed by atoms with Gasteiger partial charge in [-0.2, -0.15) is 0 Å². The lowest BCUT2D eigenvalue weighted by Gasteiger charge is -2.29. The monoisotopic (exact) mass is 377 g/mol. The van der Waals surface area contributed by atoms with Crippen molar-refractivity contribution < 1.29 is 4.79 Å². The van der Waals surface area contributed by atoms with Gasteiger partial charge in [0.05, 0.1) is 11.4 Å². The third kappa shape index (κ3) is 3.93. The average Bonchev–Trinajstić information content (AvgIpc) is 3.48. The molecule has 0 radical (unpaired) electrons. The Morgan fingerprint density at radius 3 is 2.59 bits per heavy atom. The van der Waals surface area contributed by atoms with Crippen molar-refractivity contribution in [3.05, 3.63) is 70.9 Å². The summed E-state index contributed by atoms with van der Waals surface area (Å²) in [6, 6.07) is 16.2. The zero-order chi connectivity index (χ0) is 18.8. The summed E-state index contributed by atoms with van der Waals surface area (Å²) in [6.45, 7) is 4.72. The molecule has 1 aliphatic carbocycles. The first-order chi connectivity index (χ1) is 13.1. The van der Waals surface area contributed by atoms with E-state index in [0.717, 1.165) is 26.8 Å². The molecule has 0 N–H and O–H groups in total. The molecule has 1 amide bonds. The van der Waals surface area contributed by atoms with Crippen molar-refractivity contribution in [2.75, 3.05) is 0 Å². The summed E-state index contributed by atoms with van der Waals surface area (Å²) in [7, 11) is 0. The van der Waals surface area contributed by atoms with E-state index in [1.165, 1.54) is 24.2 Å². The van der Waals surface area contributed by atoms with Crippen LogP contribution in [-0.2, 0) is 6.54 Å². The number of thiazole rings is 1. The topological polar surface area (TPSA) is 46.1 Å². The number of rotatable bonds is 6. The van der Waals surface area contributed by atoms with Crippen LogP contribution < -0.4 is 0 Å². The van der Waals surface area contributed by atoms with Gasteiger partial charge in [0, 0.05) is 18.8 Å². The molecule has 1 unspecified atom stereocenters. The molecular weight excluding hydrogens is 354 g/mol. The van der Waals surface area contributed by atoms with Gasteiger partial charge in [0.25, 0.3) is 5.91 Å². The van der Waals surface area contributed by atoms with Crippen molar-refractivity contribution in [1.82, 2.24) is 14.9 Å². The third-order valence-electron chi connectivity index (χ3n) is 5.13. The first-order valence-corrected chi connectivity index (χ1v) is 10.2. The summed E-state index contributed by atoms with van der Waals surface area (Å²) < 4.78 is 0. The van der Waals surface area contributed by atoms with E-state index in [0.29, 0.717) is 12.5 Å². The second kappa shape index (κ2) is 7.61. The minimum absolute atomic E-state index is 0.0791. The fraction of sp³-hybridized carbons (Fsp3) is 0.318. The van der Waals surface area contributed by atoms with E-state index >= 15 is 0 Å². The van der Waals surface area contributed by atoms with Gasteiger partial charge in [-0.25, -0.2) is 4.98 Å². The second-order valence-electron chi connectivity index (χ2n) is 7.15. The highest BCUT2D eigenvalue weighted by molar-refractivity contribution is 7.17. The molecule has 138 valence electrons. The number of pyridine rings is 1. The van der Waals surface area contributed by atoms with Crippen LogP contribution >= 0.6 is 11.3 Å². The van der Waals surface area contributed by atoms with Crippen molar-refractivity contribution in [3.8, 4) is 10.7 Å². The highest BCUT2D eigenvalue weighted by Crippen LogP contribution is 2.37. The van der Waals surface area contributed by atoms with Gasteiger partial charge in [-0.3, -0.25) is 9.78 Å². The van der Waals surface area contributed by atoms with Crippen LogP contribution in [0.2, 0.25) is 0 Å². The van der Waals surface area contributed by atoms with Crippen molar-refractivity contribution in [2.45, 2.75) is 39.3 Å². The molecule has 2 heterocycles. The fourth-order valence-corrected chi connectivity index (χ4v) is 4.34. The lowest BCUT2D eigenvalue weighted by Crippen LogP contribution is -2.39. The number of carbonyl (C=O) groups excluding carboxylic acids is 1. The Kier molecular flexibility index (Phi) is 5.03. The molecule has 5 heteroatoms. The van der Waals surface area contributed by atoms with E-state index in [-0.39, 0.29) is 11.9 Å². The molecule has 1 atom stereocenters. The SMILES string of the molecule is Cc1nc(-c2ccccn2)sc1C(=O)N(Cc1ccccc1)C(C)C1CC1. The molecule has 27 heavy (non-hydrogen) atoms. The molecule has 1 aliphatic rings. The second-order valence-corrected chi connectivity index (χ2v) is 8.14. The number of aromatic nitrogens is 2. The van der Waals surface area contributed by atoms with Gasteiger partial charge in [0.1, 0.15) is 9.88 Å². The van der Waals surface area contributed by atoms with Gasteiger partial charge in [-0.15, -0.1) is 11.3 Å². The van der Waals surface area contributed by atoms with Crippen molar-refractivity contribution in [2.24, 2.45) is 5.92 Å². The molecule has 4 rings (SSSR count). The number of aryl methyl sites for hydroxylation is 1. The van der Waals surface area contributed by atoms with Crippen LogP contribution in [0.25, 0.3) is 10.7 Å². The van der Waals surface area contributed by atoms with Gasteiger partial charge in [-0.1, -0.05) is 36.4 Å². The zero-order valence-electron chi connectivity index (χ0n) is 15.6. The Labute approximate surface area is 163 Å². The Morgan fingerprint density at radius 2 is 1.93 bits per heavy atom. The van der Waals surface area contributed by atoms with Crippen LogP contribution in [-0.4, -0.2) is 26.8 Å². The van der Waals surface area contributed by atoms with Crippen LogP contribution in [0.1, 0.15) is 40.7 Å². The van der Waals surface area contributed by atoms with Gasteiger partial charge < -0.3 is 4.90 Å². The van der Waals surface area contributed by atoms with Gasteiger partial charge >= 0.3 is 0 Å². The summed E-state index contributed by atoms with van der Waals surface area (Å²) in [5.74, 6) is 0.691. The minimum atomic E-state index is 0.0791. The Hall–Kier alpha value is -2.53. The molecule has 1 fully saturated rings. The zero-order valence-corrected chi connectivity index (χ0v) is 16.4. The first-order valence-electron chi connectivity index (χ1n) is 9.37. The molecule has 0 bridgehead atoms. The fourth-order valence-electron chi connectivity index (χ4n) is 3.34. The normalized spacial score (nSPS) is 14.7. The first kappa shape index (κ1) is 17.9. The van der Waals surface area contributed by atoms with Crippen molar-refractivity contribution in [1.29, 1.82) is 0 Å². The van der Waals surface area contributed by atoms with E-state index in [4.69, 9.17) is 0 Å². The van der Waals surface area contributed by atoms with E-state index in [1.807, 2.05) is 48.2 Å². The highest BCUT2D eigenvalue weighted by atomic mass is 32.1. The maximum atomic E-state index is 13.5. The largest absolute Gasteiger partial charge is 0.331 e. The third-order valence-corrected chi connectivity index (χ3v) is 6.30. The van der Waals surface area contributed by atoms with Gasteiger partial charge in [0.2, 0.25) is 0 Å². The van der Waals surface area contributed by atoms with Crippen molar-refractivity contribution >= 4 is 17.2 Å². The molecule has 3 aromatic rings. The average molecular weight is 378 g/mol. The standard InChI is InChI=1S/C22H23N3OS/c1-15-20(27-21(24-15)19-10-6-7-13-23-19)22(26)25(16(2)18-11-12-18)14-17-8-4-3-5-9-17/h3-10,13,16,18H,11-12,14H2,1-2H3. The molecule has 0 saturated heterocycles. The van der Waals surface area contributed by atoms with Crippen LogP contribution in [0.4, 0.5) is 0 Å². The molecule has 1 aromatic carbocycles. The summed E-state index contributed by atoms with van der Waals surface area (Å²) >= 11 is 1.44. The molecule has 0 spiro atoms. The van der Waals surface area contributed by atoms with Gasteiger partial charge in [-0.05, 0) is 50.3 Å². The molecule has 4 nitrogen and oxygen atoms in total. The van der Waals surface area contributed by atoms with E-state index in [2.05, 4.69) is 29.0 Å². The lowest BCUT2D eigenvalue weighted by atomic mass is 10.1. The maximum Gasteiger partial charge on any atom is 0.266 e. The Morgan fingerprint density at radius 1 is 1.19 bits per heavy atom. The molecule has 1 saturated carbocycles. The van der Waals surface area contributed by atoms with E-state index in [9.17, 15) is 4.79 Å². The summed E-state index contributed by atoms with van der Waals surface area (Å²) in [5, 5.41) is 0.801. The highest BCUT2D eigenvalue weighted by Gasteiger charge is 2.35. The number of carbonyl (C=O) groups is 1. The number of hydrogen-bond acceptors (Lipinski definition) is 4. The summed E-state index contributed by atoms with van der Waals surface area (Å²) in [6.07, 6.45) is 4.17. The van der Waals surface area contributed by atoms with Crippen LogP contribution in [0.5, 0.6) is 0 Å². The summed E-state index contributed by atoms with van der Waals surface area (Å²) in [5.41, 5.74) is 2.76. The molecule has 2 aromatic heterocycles. The Bertz CT molecular complexity index is 919. The number of nitrogens with zero attached hydrogens (tertiary/aromatic N) is 3.